The first-order valence-corrected chi connectivity index (χ1v) is 25.1. The highest BCUT2D eigenvalue weighted by Gasteiger charge is 2.19. The Balaban J connectivity index is 4.40. The summed E-state index contributed by atoms with van der Waals surface area (Å²) in [5, 5.41) is 0. The van der Waals surface area contributed by atoms with Crippen molar-refractivity contribution in [3.05, 3.63) is 48.6 Å². The maximum absolute atomic E-state index is 12.7. The molecule has 0 rings (SSSR count). The summed E-state index contributed by atoms with van der Waals surface area (Å²) in [6.45, 7) is 6.54. The molecule has 1 atom stereocenters. The van der Waals surface area contributed by atoms with Crippen molar-refractivity contribution in [1.82, 2.24) is 0 Å². The zero-order valence-electron chi connectivity index (χ0n) is 39.0. The minimum atomic E-state index is -0.788. The lowest BCUT2D eigenvalue weighted by Gasteiger charge is -2.18. The zero-order chi connectivity index (χ0) is 43.0. The number of carbonyl (C=O) groups excluding carboxylic acids is 3. The standard InChI is InChI=1S/C53H94O6/c1-4-7-10-13-16-19-22-24-26-28-31-33-36-39-42-45-51(54)57-48-50(59-53(56)47-44-41-38-35-30-21-18-15-12-9-6-3)49-58-52(55)46-43-40-37-34-32-29-27-25-23-20-17-14-11-8-5-2/h15-16,18-19,24,26,31,33,50H,4-14,17,20-23,25,27-30,32,34-49H2,1-3H3/b18-15-,19-16-,26-24-,33-31-/t50-/m1/s1. The van der Waals surface area contributed by atoms with Crippen molar-refractivity contribution in [3.8, 4) is 0 Å². The summed E-state index contributed by atoms with van der Waals surface area (Å²) in [5.74, 6) is -0.931. The van der Waals surface area contributed by atoms with Gasteiger partial charge in [-0.25, -0.2) is 0 Å². The molecule has 59 heavy (non-hydrogen) atoms. The minimum Gasteiger partial charge on any atom is -0.462 e. The van der Waals surface area contributed by atoms with E-state index in [1.165, 1.54) is 128 Å². The van der Waals surface area contributed by atoms with Gasteiger partial charge < -0.3 is 14.2 Å². The molecule has 0 saturated carbocycles. The van der Waals surface area contributed by atoms with E-state index in [4.69, 9.17) is 14.2 Å². The zero-order valence-corrected chi connectivity index (χ0v) is 39.0. The highest BCUT2D eigenvalue weighted by Crippen LogP contribution is 2.15. The van der Waals surface area contributed by atoms with Crippen molar-refractivity contribution in [2.45, 2.75) is 258 Å². The molecule has 0 aromatic carbocycles. The smallest absolute Gasteiger partial charge is 0.306 e. The summed E-state index contributed by atoms with van der Waals surface area (Å²) >= 11 is 0. The van der Waals surface area contributed by atoms with E-state index in [0.29, 0.717) is 19.3 Å². The Kier molecular flexibility index (Phi) is 45.9. The molecule has 0 aliphatic rings. The Morgan fingerprint density at radius 3 is 1.08 bits per heavy atom. The molecular weight excluding hydrogens is 733 g/mol. The van der Waals surface area contributed by atoms with Crippen LogP contribution in [-0.4, -0.2) is 37.2 Å². The van der Waals surface area contributed by atoms with Crippen LogP contribution < -0.4 is 0 Å². The molecule has 0 saturated heterocycles. The molecule has 0 radical (unpaired) electrons. The lowest BCUT2D eigenvalue weighted by molar-refractivity contribution is -0.167. The second-order valence-electron chi connectivity index (χ2n) is 16.7. The molecule has 0 N–H and O–H groups in total. The number of rotatable bonds is 45. The Morgan fingerprint density at radius 1 is 0.339 bits per heavy atom. The normalized spacial score (nSPS) is 12.4. The maximum atomic E-state index is 12.7. The minimum absolute atomic E-state index is 0.0865. The number of hydrogen-bond donors (Lipinski definition) is 0. The van der Waals surface area contributed by atoms with E-state index in [1.807, 2.05) is 0 Å². The monoisotopic (exact) mass is 827 g/mol. The van der Waals surface area contributed by atoms with E-state index in [1.54, 1.807) is 0 Å². The fraction of sp³-hybridized carbons (Fsp3) is 0.792. The Bertz CT molecular complexity index is 1040. The van der Waals surface area contributed by atoms with Gasteiger partial charge in [0.05, 0.1) is 0 Å². The predicted octanol–water partition coefficient (Wildman–Crippen LogP) is 16.3. The van der Waals surface area contributed by atoms with E-state index in [2.05, 4.69) is 69.4 Å². The van der Waals surface area contributed by atoms with Gasteiger partial charge in [0.2, 0.25) is 0 Å². The molecule has 0 amide bonds. The van der Waals surface area contributed by atoms with Gasteiger partial charge in [0.15, 0.2) is 6.10 Å². The summed E-state index contributed by atoms with van der Waals surface area (Å²) in [6, 6.07) is 0. The topological polar surface area (TPSA) is 78.9 Å². The quantitative estimate of drug-likeness (QED) is 0.0263. The number of carbonyl (C=O) groups is 3. The number of allylic oxidation sites excluding steroid dienone is 8. The summed E-state index contributed by atoms with van der Waals surface area (Å²) in [7, 11) is 0. The highest BCUT2D eigenvalue weighted by atomic mass is 16.6. The predicted molar refractivity (Wildman–Crippen MR) is 252 cm³/mol. The van der Waals surface area contributed by atoms with Crippen LogP contribution in [0.3, 0.4) is 0 Å². The lowest BCUT2D eigenvalue weighted by Crippen LogP contribution is -2.30. The van der Waals surface area contributed by atoms with E-state index in [0.717, 1.165) is 83.5 Å². The highest BCUT2D eigenvalue weighted by molar-refractivity contribution is 5.71. The number of ether oxygens (including phenoxy) is 3. The molecule has 0 aliphatic carbocycles. The molecule has 0 aliphatic heterocycles. The first-order chi connectivity index (χ1) is 29.0. The van der Waals surface area contributed by atoms with Gasteiger partial charge in [0, 0.05) is 19.3 Å². The van der Waals surface area contributed by atoms with Crippen molar-refractivity contribution < 1.29 is 28.6 Å². The van der Waals surface area contributed by atoms with Crippen LogP contribution in [0.1, 0.15) is 252 Å². The van der Waals surface area contributed by atoms with Gasteiger partial charge in [-0.05, 0) is 77.0 Å². The van der Waals surface area contributed by atoms with Gasteiger partial charge in [0.25, 0.3) is 0 Å². The summed E-state index contributed by atoms with van der Waals surface area (Å²) in [4.78, 5) is 37.9. The first-order valence-electron chi connectivity index (χ1n) is 25.1. The summed E-state index contributed by atoms with van der Waals surface area (Å²) in [5.41, 5.74) is 0. The van der Waals surface area contributed by atoms with Gasteiger partial charge in [-0.2, -0.15) is 0 Å². The van der Waals surface area contributed by atoms with Gasteiger partial charge >= 0.3 is 17.9 Å². The lowest BCUT2D eigenvalue weighted by atomic mass is 10.0. The first kappa shape index (κ1) is 56.4. The van der Waals surface area contributed by atoms with Gasteiger partial charge in [-0.1, -0.05) is 204 Å². The fourth-order valence-corrected chi connectivity index (χ4v) is 6.96. The SMILES string of the molecule is CCCC/C=C\CCCCCCCC(=O)O[C@H](COC(=O)CCCC/C=C\C/C=C\C/C=C\CCCCC)COC(=O)CCCCCCCCCCCCCCCCC. The van der Waals surface area contributed by atoms with Crippen LogP contribution >= 0.6 is 0 Å². The van der Waals surface area contributed by atoms with E-state index < -0.39 is 6.10 Å². The average molecular weight is 827 g/mol. The van der Waals surface area contributed by atoms with Gasteiger partial charge in [-0.3, -0.25) is 14.4 Å². The van der Waals surface area contributed by atoms with Crippen LogP contribution in [0, 0.1) is 0 Å². The van der Waals surface area contributed by atoms with Gasteiger partial charge in [0.1, 0.15) is 13.2 Å². The second-order valence-corrected chi connectivity index (χ2v) is 16.7. The largest absolute Gasteiger partial charge is 0.462 e. The van der Waals surface area contributed by atoms with Crippen molar-refractivity contribution in [1.29, 1.82) is 0 Å². The van der Waals surface area contributed by atoms with Gasteiger partial charge in [-0.15, -0.1) is 0 Å². The molecule has 0 aromatic heterocycles. The molecule has 0 bridgehead atoms. The second kappa shape index (κ2) is 48.0. The van der Waals surface area contributed by atoms with Crippen LogP contribution in [0.15, 0.2) is 48.6 Å². The molecule has 0 fully saturated rings. The Morgan fingerprint density at radius 2 is 0.627 bits per heavy atom. The number of unbranched alkanes of at least 4 members (excludes halogenated alkanes) is 26. The Hall–Kier alpha value is -2.63. The van der Waals surface area contributed by atoms with Crippen LogP contribution in [0.25, 0.3) is 0 Å². The molecule has 342 valence electrons. The van der Waals surface area contributed by atoms with E-state index >= 15 is 0 Å². The average Bonchev–Trinajstić information content (AvgIpc) is 3.23. The van der Waals surface area contributed by atoms with Crippen molar-refractivity contribution in [2.75, 3.05) is 13.2 Å². The van der Waals surface area contributed by atoms with Crippen LogP contribution in [-0.2, 0) is 28.6 Å². The van der Waals surface area contributed by atoms with E-state index in [9.17, 15) is 14.4 Å². The van der Waals surface area contributed by atoms with Crippen molar-refractivity contribution >= 4 is 17.9 Å². The number of hydrogen-bond acceptors (Lipinski definition) is 6. The molecule has 6 nitrogen and oxygen atoms in total. The molecule has 0 spiro atoms. The third kappa shape index (κ3) is 46.3. The van der Waals surface area contributed by atoms with Crippen molar-refractivity contribution in [2.24, 2.45) is 0 Å². The van der Waals surface area contributed by atoms with Crippen LogP contribution in [0.2, 0.25) is 0 Å². The molecule has 0 heterocycles. The number of esters is 3. The molecule has 6 heteroatoms. The van der Waals surface area contributed by atoms with E-state index in [-0.39, 0.29) is 31.1 Å². The molecule has 0 unspecified atom stereocenters. The third-order valence-electron chi connectivity index (χ3n) is 10.8. The Labute approximate surface area is 365 Å². The summed E-state index contributed by atoms with van der Waals surface area (Å²) in [6.07, 6.45) is 56.6. The van der Waals surface area contributed by atoms with Crippen molar-refractivity contribution in [3.63, 3.8) is 0 Å². The fourth-order valence-electron chi connectivity index (χ4n) is 6.96. The third-order valence-corrected chi connectivity index (χ3v) is 10.8. The summed E-state index contributed by atoms with van der Waals surface area (Å²) < 4.78 is 16.7. The van der Waals surface area contributed by atoms with Crippen LogP contribution in [0.4, 0.5) is 0 Å². The molecular formula is C53H94O6. The molecule has 0 aromatic rings. The van der Waals surface area contributed by atoms with Crippen LogP contribution in [0.5, 0.6) is 0 Å². The maximum Gasteiger partial charge on any atom is 0.306 e.